The highest BCUT2D eigenvalue weighted by molar-refractivity contribution is 5.33. The first-order valence-electron chi connectivity index (χ1n) is 13.8. The third-order valence-electron chi connectivity index (χ3n) is 8.56. The van der Waals surface area contributed by atoms with Gasteiger partial charge in [-0.2, -0.15) is 4.39 Å². The Morgan fingerprint density at radius 1 is 0.771 bits per heavy atom. The van der Waals surface area contributed by atoms with E-state index >= 15 is 0 Å². The first-order valence-corrected chi connectivity index (χ1v) is 13.8. The van der Waals surface area contributed by atoms with Crippen LogP contribution in [0.15, 0.2) is 48.6 Å². The summed E-state index contributed by atoms with van der Waals surface area (Å²) in [7, 11) is 1.38. The SMILES string of the molecule is CCCc1ccc(CCC=CC2CCC(C3CCC(c4ccc(OC)c(F)c4F)CC3)CC2)cc1. The van der Waals surface area contributed by atoms with Gasteiger partial charge < -0.3 is 4.74 Å². The second-order valence-electron chi connectivity index (χ2n) is 10.8. The average molecular weight is 481 g/mol. The summed E-state index contributed by atoms with van der Waals surface area (Å²) in [4.78, 5) is 0. The van der Waals surface area contributed by atoms with Crippen molar-refractivity contribution in [2.75, 3.05) is 7.11 Å². The first kappa shape index (κ1) is 25.9. The fourth-order valence-corrected chi connectivity index (χ4v) is 6.43. The molecule has 0 heterocycles. The van der Waals surface area contributed by atoms with E-state index in [1.54, 1.807) is 12.1 Å². The summed E-state index contributed by atoms with van der Waals surface area (Å²) in [6.45, 7) is 2.23. The van der Waals surface area contributed by atoms with Gasteiger partial charge in [-0.3, -0.25) is 0 Å². The molecule has 2 fully saturated rings. The van der Waals surface area contributed by atoms with Crippen LogP contribution in [0.5, 0.6) is 5.75 Å². The maximum atomic E-state index is 14.5. The summed E-state index contributed by atoms with van der Waals surface area (Å²) >= 11 is 0. The zero-order valence-electron chi connectivity index (χ0n) is 21.6. The van der Waals surface area contributed by atoms with Crippen molar-refractivity contribution in [2.45, 2.75) is 89.9 Å². The lowest BCUT2D eigenvalue weighted by Gasteiger charge is -2.37. The fraction of sp³-hybridized carbons (Fsp3) is 0.562. The van der Waals surface area contributed by atoms with E-state index in [-0.39, 0.29) is 11.7 Å². The van der Waals surface area contributed by atoms with Crippen molar-refractivity contribution in [1.82, 2.24) is 0 Å². The summed E-state index contributed by atoms with van der Waals surface area (Å²) in [5.74, 6) is 0.848. The number of methoxy groups -OCH3 is 1. The third kappa shape index (κ3) is 6.74. The maximum Gasteiger partial charge on any atom is 0.200 e. The van der Waals surface area contributed by atoms with Crippen LogP contribution in [0.3, 0.4) is 0 Å². The van der Waals surface area contributed by atoms with E-state index in [1.165, 1.54) is 56.8 Å². The fourth-order valence-electron chi connectivity index (χ4n) is 6.43. The Bertz CT molecular complexity index is 948. The van der Waals surface area contributed by atoms with Gasteiger partial charge in [0.1, 0.15) is 0 Å². The lowest BCUT2D eigenvalue weighted by molar-refractivity contribution is 0.170. The molecule has 0 bridgehead atoms. The molecule has 2 saturated carbocycles. The molecule has 190 valence electrons. The van der Waals surface area contributed by atoms with Crippen molar-refractivity contribution in [3.05, 3.63) is 76.9 Å². The summed E-state index contributed by atoms with van der Waals surface area (Å²) in [5, 5.41) is 0. The van der Waals surface area contributed by atoms with Gasteiger partial charge in [-0.15, -0.1) is 0 Å². The number of halogens is 2. The molecule has 0 N–H and O–H groups in total. The number of hydrogen-bond acceptors (Lipinski definition) is 1. The first-order chi connectivity index (χ1) is 17.1. The van der Waals surface area contributed by atoms with Crippen molar-refractivity contribution in [2.24, 2.45) is 17.8 Å². The molecule has 2 aliphatic carbocycles. The summed E-state index contributed by atoms with van der Waals surface area (Å²) < 4.78 is 33.6. The van der Waals surface area contributed by atoms with Gasteiger partial charge in [0.2, 0.25) is 5.82 Å². The lowest BCUT2D eigenvalue weighted by Crippen LogP contribution is -2.25. The zero-order chi connectivity index (χ0) is 24.6. The van der Waals surface area contributed by atoms with Crippen molar-refractivity contribution < 1.29 is 13.5 Å². The van der Waals surface area contributed by atoms with E-state index in [0.29, 0.717) is 5.56 Å². The summed E-state index contributed by atoms with van der Waals surface area (Å²) in [6, 6.07) is 12.4. The molecule has 4 rings (SSSR count). The Hall–Kier alpha value is -2.16. The molecule has 1 nitrogen and oxygen atoms in total. The van der Waals surface area contributed by atoms with Crippen molar-refractivity contribution in [3.8, 4) is 5.75 Å². The number of rotatable bonds is 9. The molecule has 0 radical (unpaired) electrons. The second kappa shape index (κ2) is 12.7. The predicted molar refractivity (Wildman–Crippen MR) is 141 cm³/mol. The topological polar surface area (TPSA) is 9.23 Å². The van der Waals surface area contributed by atoms with Crippen LogP contribution in [0.2, 0.25) is 0 Å². The van der Waals surface area contributed by atoms with E-state index < -0.39 is 11.6 Å². The maximum absolute atomic E-state index is 14.5. The molecule has 2 aliphatic rings. The van der Waals surface area contributed by atoms with Gasteiger partial charge in [0.15, 0.2) is 11.6 Å². The number of aryl methyl sites for hydroxylation is 2. The molecule has 0 atom stereocenters. The Kier molecular flexibility index (Phi) is 9.40. The van der Waals surface area contributed by atoms with E-state index in [2.05, 4.69) is 43.3 Å². The van der Waals surface area contributed by atoms with Crippen LogP contribution < -0.4 is 4.74 Å². The van der Waals surface area contributed by atoms with E-state index in [4.69, 9.17) is 4.74 Å². The predicted octanol–water partition coefficient (Wildman–Crippen LogP) is 9.20. The van der Waals surface area contributed by atoms with Gasteiger partial charge in [-0.1, -0.05) is 55.8 Å². The zero-order valence-corrected chi connectivity index (χ0v) is 21.6. The second-order valence-corrected chi connectivity index (χ2v) is 10.8. The molecule has 2 aromatic carbocycles. The Morgan fingerprint density at radius 2 is 1.37 bits per heavy atom. The highest BCUT2D eigenvalue weighted by Crippen LogP contribution is 2.45. The van der Waals surface area contributed by atoms with Gasteiger partial charge in [-0.25, -0.2) is 4.39 Å². The van der Waals surface area contributed by atoms with Crippen LogP contribution in [0, 0.1) is 29.4 Å². The third-order valence-corrected chi connectivity index (χ3v) is 8.56. The number of allylic oxidation sites excluding steroid dienone is 2. The van der Waals surface area contributed by atoms with Crippen molar-refractivity contribution >= 4 is 0 Å². The van der Waals surface area contributed by atoms with Gasteiger partial charge in [0.05, 0.1) is 7.11 Å². The number of benzene rings is 2. The molecule has 0 amide bonds. The van der Waals surface area contributed by atoms with Gasteiger partial charge in [0, 0.05) is 0 Å². The van der Waals surface area contributed by atoms with Crippen molar-refractivity contribution in [1.29, 1.82) is 0 Å². The van der Waals surface area contributed by atoms with Crippen LogP contribution in [0.4, 0.5) is 8.78 Å². The molecule has 2 aromatic rings. The Balaban J connectivity index is 1.17. The highest BCUT2D eigenvalue weighted by Gasteiger charge is 2.32. The lowest BCUT2D eigenvalue weighted by atomic mass is 9.68. The smallest absolute Gasteiger partial charge is 0.200 e. The average Bonchev–Trinajstić information content (AvgIpc) is 2.90. The Labute approximate surface area is 211 Å². The molecule has 0 unspecified atom stereocenters. The summed E-state index contributed by atoms with van der Waals surface area (Å²) in [5.41, 5.74) is 3.41. The van der Waals surface area contributed by atoms with Gasteiger partial charge in [0.25, 0.3) is 0 Å². The highest BCUT2D eigenvalue weighted by atomic mass is 19.2. The minimum atomic E-state index is -0.844. The largest absolute Gasteiger partial charge is 0.494 e. The van der Waals surface area contributed by atoms with Crippen LogP contribution >= 0.6 is 0 Å². The quantitative estimate of drug-likeness (QED) is 0.325. The van der Waals surface area contributed by atoms with E-state index in [0.717, 1.165) is 56.3 Å². The van der Waals surface area contributed by atoms with Crippen LogP contribution in [0.25, 0.3) is 0 Å². The molecule has 0 saturated heterocycles. The number of hydrogen-bond donors (Lipinski definition) is 0. The van der Waals surface area contributed by atoms with Crippen LogP contribution in [0.1, 0.15) is 93.7 Å². The van der Waals surface area contributed by atoms with Crippen molar-refractivity contribution in [3.63, 3.8) is 0 Å². The molecule has 0 spiro atoms. The monoisotopic (exact) mass is 480 g/mol. The van der Waals surface area contributed by atoms with E-state index in [1.807, 2.05) is 0 Å². The standard InChI is InChI=1S/C32H42F2O/c1-3-6-23-9-11-24(12-10-23)7-4-5-8-25-13-15-26(16-14-25)27-17-19-28(20-18-27)29-21-22-30(35-2)32(34)31(29)33/h5,8-12,21-22,25-28H,3-4,6-7,13-20H2,1-2H3. The molecular formula is C32H42F2O. The molecule has 0 aliphatic heterocycles. The van der Waals surface area contributed by atoms with Gasteiger partial charge in [-0.05, 0) is 117 Å². The molecule has 3 heteroatoms. The Morgan fingerprint density at radius 3 is 1.97 bits per heavy atom. The minimum Gasteiger partial charge on any atom is -0.494 e. The molecule has 35 heavy (non-hydrogen) atoms. The normalized spacial score (nSPS) is 25.1. The number of ether oxygens (including phenoxy) is 1. The van der Waals surface area contributed by atoms with Gasteiger partial charge >= 0.3 is 0 Å². The van der Waals surface area contributed by atoms with Crippen LogP contribution in [-0.2, 0) is 12.8 Å². The van der Waals surface area contributed by atoms with Crippen LogP contribution in [-0.4, -0.2) is 7.11 Å². The molecule has 0 aromatic heterocycles. The summed E-state index contributed by atoms with van der Waals surface area (Å²) in [6.07, 6.45) is 18.9. The molecular weight excluding hydrogens is 438 g/mol. The van der Waals surface area contributed by atoms with E-state index in [9.17, 15) is 8.78 Å². The minimum absolute atomic E-state index is 0.00758.